The molecule has 1 aromatic heterocycles. The molecule has 0 radical (unpaired) electrons. The third-order valence-electron chi connectivity index (χ3n) is 2.11. The molecule has 0 amide bonds. The van der Waals surface area contributed by atoms with E-state index in [-0.39, 0.29) is 0 Å². The van der Waals surface area contributed by atoms with Crippen molar-refractivity contribution in [3.05, 3.63) is 46.3 Å². The van der Waals surface area contributed by atoms with Crippen LogP contribution in [0, 0.1) is 0 Å². The molecule has 1 aromatic carbocycles. The van der Waals surface area contributed by atoms with Crippen molar-refractivity contribution in [1.29, 1.82) is 0 Å². The first-order chi connectivity index (χ1) is 8.29. The van der Waals surface area contributed by atoms with E-state index in [4.69, 9.17) is 14.0 Å². The van der Waals surface area contributed by atoms with Crippen LogP contribution in [0.1, 0.15) is 11.5 Å². The van der Waals surface area contributed by atoms with E-state index in [1.807, 2.05) is 30.3 Å². The molecule has 0 N–H and O–H groups in total. The van der Waals surface area contributed by atoms with Crippen LogP contribution in [-0.4, -0.2) is 12.3 Å². The summed E-state index contributed by atoms with van der Waals surface area (Å²) in [6.07, 6.45) is 0. The number of rotatable bonds is 5. The molecule has 0 aliphatic heterocycles. The zero-order valence-electron chi connectivity index (χ0n) is 9.35. The van der Waals surface area contributed by atoms with Gasteiger partial charge in [-0.1, -0.05) is 17.3 Å². The van der Waals surface area contributed by atoms with Crippen LogP contribution in [-0.2, 0) is 18.0 Å². The highest BCUT2D eigenvalue weighted by Crippen LogP contribution is 2.24. The van der Waals surface area contributed by atoms with E-state index in [9.17, 15) is 0 Å². The van der Waals surface area contributed by atoms with Gasteiger partial charge in [-0.15, -0.1) is 0 Å². The second kappa shape index (κ2) is 5.84. The van der Waals surface area contributed by atoms with Crippen molar-refractivity contribution in [2.75, 3.05) is 7.11 Å². The summed E-state index contributed by atoms with van der Waals surface area (Å²) in [5.74, 6) is 1.47. The number of methoxy groups -OCH3 is 1. The summed E-state index contributed by atoms with van der Waals surface area (Å²) < 4.78 is 16.5. The molecule has 2 aromatic rings. The van der Waals surface area contributed by atoms with Gasteiger partial charge in [-0.3, -0.25) is 0 Å². The van der Waals surface area contributed by atoms with Crippen LogP contribution in [0.15, 0.2) is 39.3 Å². The van der Waals surface area contributed by atoms with Gasteiger partial charge in [0.05, 0.1) is 4.47 Å². The number of hydrogen-bond donors (Lipinski definition) is 0. The number of halogens is 1. The SMILES string of the molecule is COCc1cc(COc2ccccc2Br)no1. The molecular formula is C12H12BrNO3. The Morgan fingerprint density at radius 2 is 2.12 bits per heavy atom. The van der Waals surface area contributed by atoms with Gasteiger partial charge in [0.1, 0.15) is 24.7 Å². The maximum Gasteiger partial charge on any atom is 0.162 e. The van der Waals surface area contributed by atoms with Crippen LogP contribution < -0.4 is 4.74 Å². The van der Waals surface area contributed by atoms with Crippen LogP contribution in [0.5, 0.6) is 5.75 Å². The number of nitrogens with zero attached hydrogens (tertiary/aromatic N) is 1. The minimum Gasteiger partial charge on any atom is -0.486 e. The molecule has 90 valence electrons. The second-order valence-electron chi connectivity index (χ2n) is 3.44. The van der Waals surface area contributed by atoms with Gasteiger partial charge in [0, 0.05) is 13.2 Å². The van der Waals surface area contributed by atoms with Crippen LogP contribution in [0.3, 0.4) is 0 Å². The van der Waals surface area contributed by atoms with E-state index in [1.165, 1.54) is 0 Å². The molecule has 2 rings (SSSR count). The number of benzene rings is 1. The largest absolute Gasteiger partial charge is 0.486 e. The quantitative estimate of drug-likeness (QED) is 0.850. The van der Waals surface area contributed by atoms with Gasteiger partial charge >= 0.3 is 0 Å². The maximum absolute atomic E-state index is 5.60. The zero-order valence-corrected chi connectivity index (χ0v) is 10.9. The normalized spacial score (nSPS) is 10.5. The van der Waals surface area contributed by atoms with Crippen LogP contribution >= 0.6 is 15.9 Å². The summed E-state index contributed by atoms with van der Waals surface area (Å²) in [4.78, 5) is 0. The van der Waals surface area contributed by atoms with Crippen molar-refractivity contribution in [3.63, 3.8) is 0 Å². The highest BCUT2D eigenvalue weighted by Gasteiger charge is 2.05. The van der Waals surface area contributed by atoms with Gasteiger partial charge in [-0.25, -0.2) is 0 Å². The lowest BCUT2D eigenvalue weighted by molar-refractivity contribution is 0.155. The summed E-state index contributed by atoms with van der Waals surface area (Å²) in [6, 6.07) is 9.48. The first kappa shape index (κ1) is 12.1. The van der Waals surface area contributed by atoms with Crippen molar-refractivity contribution in [3.8, 4) is 5.75 Å². The predicted molar refractivity (Wildman–Crippen MR) is 65.7 cm³/mol. The lowest BCUT2D eigenvalue weighted by Gasteiger charge is -2.04. The van der Waals surface area contributed by atoms with E-state index >= 15 is 0 Å². The zero-order chi connectivity index (χ0) is 12.1. The van der Waals surface area contributed by atoms with E-state index in [2.05, 4.69) is 21.1 Å². The minimum absolute atomic E-state index is 0.371. The van der Waals surface area contributed by atoms with Gasteiger partial charge in [0.2, 0.25) is 0 Å². The third-order valence-corrected chi connectivity index (χ3v) is 2.76. The monoisotopic (exact) mass is 297 g/mol. The maximum atomic E-state index is 5.60. The summed E-state index contributed by atoms with van der Waals surface area (Å²) in [6.45, 7) is 0.790. The lowest BCUT2D eigenvalue weighted by atomic mass is 10.3. The number of hydrogen-bond acceptors (Lipinski definition) is 4. The van der Waals surface area contributed by atoms with E-state index in [0.29, 0.717) is 19.0 Å². The van der Waals surface area contributed by atoms with E-state index in [1.54, 1.807) is 7.11 Å². The summed E-state index contributed by atoms with van der Waals surface area (Å²) in [7, 11) is 1.61. The van der Waals surface area contributed by atoms with Gasteiger partial charge < -0.3 is 14.0 Å². The first-order valence-corrected chi connectivity index (χ1v) is 5.89. The Balaban J connectivity index is 1.95. The highest BCUT2D eigenvalue weighted by atomic mass is 79.9. The topological polar surface area (TPSA) is 44.5 Å². The molecule has 0 spiro atoms. The van der Waals surface area contributed by atoms with Crippen LogP contribution in [0.4, 0.5) is 0 Å². The van der Waals surface area contributed by atoms with Crippen molar-refractivity contribution in [1.82, 2.24) is 5.16 Å². The van der Waals surface area contributed by atoms with E-state index < -0.39 is 0 Å². The van der Waals surface area contributed by atoms with Crippen LogP contribution in [0.25, 0.3) is 0 Å². The Kier molecular flexibility index (Phi) is 4.17. The highest BCUT2D eigenvalue weighted by molar-refractivity contribution is 9.10. The van der Waals surface area contributed by atoms with Crippen molar-refractivity contribution in [2.45, 2.75) is 13.2 Å². The Bertz CT molecular complexity index is 484. The summed E-state index contributed by atoms with van der Waals surface area (Å²) >= 11 is 3.41. The molecule has 17 heavy (non-hydrogen) atoms. The standard InChI is InChI=1S/C12H12BrNO3/c1-15-8-10-6-9(14-17-10)7-16-12-5-3-2-4-11(12)13/h2-6H,7-8H2,1H3. The fourth-order valence-electron chi connectivity index (χ4n) is 1.35. The van der Waals surface area contributed by atoms with Gasteiger partial charge in [-0.05, 0) is 28.1 Å². The molecular weight excluding hydrogens is 286 g/mol. The Morgan fingerprint density at radius 1 is 1.29 bits per heavy atom. The number of aromatic nitrogens is 1. The van der Waals surface area contributed by atoms with Crippen LogP contribution in [0.2, 0.25) is 0 Å². The Hall–Kier alpha value is -1.33. The molecule has 5 heteroatoms. The average Bonchev–Trinajstić information content (AvgIpc) is 2.76. The fourth-order valence-corrected chi connectivity index (χ4v) is 1.75. The smallest absolute Gasteiger partial charge is 0.162 e. The minimum atomic E-state index is 0.371. The van der Waals surface area contributed by atoms with E-state index in [0.717, 1.165) is 15.9 Å². The Morgan fingerprint density at radius 3 is 2.88 bits per heavy atom. The van der Waals surface area contributed by atoms with Gasteiger partial charge in [0.25, 0.3) is 0 Å². The molecule has 0 bridgehead atoms. The molecule has 4 nitrogen and oxygen atoms in total. The van der Waals surface area contributed by atoms with Gasteiger partial charge in [-0.2, -0.15) is 0 Å². The van der Waals surface area contributed by atoms with Crippen molar-refractivity contribution >= 4 is 15.9 Å². The fraction of sp³-hybridized carbons (Fsp3) is 0.250. The average molecular weight is 298 g/mol. The van der Waals surface area contributed by atoms with Crippen molar-refractivity contribution < 1.29 is 14.0 Å². The molecule has 0 unspecified atom stereocenters. The number of para-hydroxylation sites is 1. The molecule has 0 aliphatic rings. The van der Waals surface area contributed by atoms with Crippen molar-refractivity contribution in [2.24, 2.45) is 0 Å². The first-order valence-electron chi connectivity index (χ1n) is 5.10. The molecule has 0 atom stereocenters. The molecule has 0 aliphatic carbocycles. The molecule has 0 saturated heterocycles. The molecule has 0 saturated carbocycles. The summed E-state index contributed by atoms with van der Waals surface area (Å²) in [5.41, 5.74) is 0.743. The third kappa shape index (κ3) is 3.31. The Labute approximate surface area is 108 Å². The molecule has 1 heterocycles. The predicted octanol–water partition coefficient (Wildman–Crippen LogP) is 3.16. The molecule has 0 fully saturated rings. The second-order valence-corrected chi connectivity index (χ2v) is 4.29. The lowest BCUT2D eigenvalue weighted by Crippen LogP contribution is -1.95. The number of ether oxygens (including phenoxy) is 2. The summed E-state index contributed by atoms with van der Waals surface area (Å²) in [5, 5.41) is 3.88. The van der Waals surface area contributed by atoms with Gasteiger partial charge in [0.15, 0.2) is 5.76 Å².